The number of amides is 1. The highest BCUT2D eigenvalue weighted by molar-refractivity contribution is 7.91. The molecular weight excluding hydrogens is 244 g/mol. The van der Waals surface area contributed by atoms with Crippen molar-refractivity contribution in [1.82, 2.24) is 10.6 Å². The average Bonchev–Trinajstić information content (AvgIpc) is 2.68. The van der Waals surface area contributed by atoms with E-state index in [2.05, 4.69) is 10.6 Å². The van der Waals surface area contributed by atoms with E-state index in [1.165, 1.54) is 0 Å². The van der Waals surface area contributed by atoms with Crippen LogP contribution in [0, 0.1) is 5.92 Å². The van der Waals surface area contributed by atoms with Crippen molar-refractivity contribution >= 4 is 15.7 Å². The van der Waals surface area contributed by atoms with E-state index in [-0.39, 0.29) is 29.4 Å². The lowest BCUT2D eigenvalue weighted by molar-refractivity contribution is -0.124. The minimum Gasteiger partial charge on any atom is -0.378 e. The third-order valence-corrected chi connectivity index (χ3v) is 4.89. The Morgan fingerprint density at radius 1 is 1.47 bits per heavy atom. The highest BCUT2D eigenvalue weighted by atomic mass is 32.2. The largest absolute Gasteiger partial charge is 0.378 e. The van der Waals surface area contributed by atoms with Gasteiger partial charge in [0.15, 0.2) is 9.84 Å². The van der Waals surface area contributed by atoms with Crippen LogP contribution < -0.4 is 10.6 Å². The first kappa shape index (κ1) is 12.8. The number of carbonyl (C=O) groups excluding carboxylic acids is 1. The first-order valence-electron chi connectivity index (χ1n) is 5.86. The molecule has 2 aliphatic rings. The molecule has 0 radical (unpaired) electrons. The van der Waals surface area contributed by atoms with Crippen molar-refractivity contribution in [2.45, 2.75) is 12.5 Å². The minimum atomic E-state index is -2.98. The lowest BCUT2D eigenvalue weighted by Gasteiger charge is -2.24. The van der Waals surface area contributed by atoms with E-state index in [1.54, 1.807) is 0 Å². The fourth-order valence-electron chi connectivity index (χ4n) is 2.12. The highest BCUT2D eigenvalue weighted by Crippen LogP contribution is 2.18. The van der Waals surface area contributed by atoms with Crippen LogP contribution in [0.15, 0.2) is 0 Å². The van der Waals surface area contributed by atoms with Crippen LogP contribution in [0.2, 0.25) is 0 Å². The Balaban J connectivity index is 1.74. The average molecular weight is 262 g/mol. The molecule has 98 valence electrons. The van der Waals surface area contributed by atoms with E-state index in [1.807, 2.05) is 0 Å². The molecule has 17 heavy (non-hydrogen) atoms. The van der Waals surface area contributed by atoms with Crippen LogP contribution in [0.5, 0.6) is 0 Å². The lowest BCUT2D eigenvalue weighted by Crippen LogP contribution is -2.49. The van der Waals surface area contributed by atoms with E-state index in [9.17, 15) is 13.2 Å². The molecule has 0 aromatic rings. The topological polar surface area (TPSA) is 84.5 Å². The number of nitrogens with one attached hydrogen (secondary N) is 2. The van der Waals surface area contributed by atoms with Gasteiger partial charge < -0.3 is 15.4 Å². The van der Waals surface area contributed by atoms with Gasteiger partial charge in [-0.15, -0.1) is 0 Å². The molecule has 7 heteroatoms. The number of hydrogen-bond donors (Lipinski definition) is 2. The van der Waals surface area contributed by atoms with Crippen molar-refractivity contribution in [1.29, 1.82) is 0 Å². The predicted molar refractivity (Wildman–Crippen MR) is 62.4 cm³/mol. The monoisotopic (exact) mass is 262 g/mol. The summed E-state index contributed by atoms with van der Waals surface area (Å²) >= 11 is 0. The van der Waals surface area contributed by atoms with Gasteiger partial charge in [-0.25, -0.2) is 8.42 Å². The van der Waals surface area contributed by atoms with Crippen molar-refractivity contribution in [3.63, 3.8) is 0 Å². The Kier molecular flexibility index (Phi) is 4.01. The summed E-state index contributed by atoms with van der Waals surface area (Å²) in [5.74, 6) is -0.397. The summed E-state index contributed by atoms with van der Waals surface area (Å²) in [5.41, 5.74) is 0. The third kappa shape index (κ3) is 3.65. The fraction of sp³-hybridized carbons (Fsp3) is 0.900. The van der Waals surface area contributed by atoms with E-state index >= 15 is 0 Å². The van der Waals surface area contributed by atoms with Gasteiger partial charge in [-0.2, -0.15) is 0 Å². The summed E-state index contributed by atoms with van der Waals surface area (Å²) < 4.78 is 27.7. The molecule has 2 saturated heterocycles. The molecule has 2 heterocycles. The van der Waals surface area contributed by atoms with Crippen molar-refractivity contribution in [2.75, 3.05) is 37.8 Å². The highest BCUT2D eigenvalue weighted by Gasteiger charge is 2.33. The number of morpholine rings is 1. The first-order valence-corrected chi connectivity index (χ1v) is 7.68. The molecule has 2 aliphatic heterocycles. The second kappa shape index (κ2) is 5.32. The Morgan fingerprint density at radius 2 is 2.29 bits per heavy atom. The Morgan fingerprint density at radius 3 is 2.88 bits per heavy atom. The molecule has 2 unspecified atom stereocenters. The van der Waals surface area contributed by atoms with Crippen LogP contribution in [0.1, 0.15) is 6.42 Å². The van der Waals surface area contributed by atoms with Gasteiger partial charge in [0, 0.05) is 19.1 Å². The molecule has 2 atom stereocenters. The van der Waals surface area contributed by atoms with E-state index in [0.717, 1.165) is 6.54 Å². The van der Waals surface area contributed by atoms with Crippen LogP contribution in [-0.4, -0.2) is 58.2 Å². The molecule has 0 spiro atoms. The zero-order chi connectivity index (χ0) is 12.3. The number of hydrogen-bond acceptors (Lipinski definition) is 5. The Hall–Kier alpha value is -0.660. The number of sulfone groups is 1. The maximum absolute atomic E-state index is 11.7. The maximum Gasteiger partial charge on any atom is 0.224 e. The number of ether oxygens (including phenoxy) is 1. The summed E-state index contributed by atoms with van der Waals surface area (Å²) in [7, 11) is -2.98. The van der Waals surface area contributed by atoms with Gasteiger partial charge in [0.1, 0.15) is 0 Å². The normalized spacial score (nSPS) is 32.2. The summed E-state index contributed by atoms with van der Waals surface area (Å²) in [5, 5.41) is 6.01. The smallest absolute Gasteiger partial charge is 0.224 e. The molecule has 0 aliphatic carbocycles. The van der Waals surface area contributed by atoms with Gasteiger partial charge >= 0.3 is 0 Å². The second-order valence-corrected chi connectivity index (χ2v) is 6.80. The SMILES string of the molecule is O=C(NCC1COCCN1)C1CCS(=O)(=O)C1. The molecule has 0 saturated carbocycles. The van der Waals surface area contributed by atoms with E-state index in [4.69, 9.17) is 4.74 Å². The molecule has 1 amide bonds. The Bertz CT molecular complexity index is 376. The summed E-state index contributed by atoms with van der Waals surface area (Å²) in [6.45, 7) is 2.57. The summed E-state index contributed by atoms with van der Waals surface area (Å²) in [6.07, 6.45) is 0.447. The van der Waals surface area contributed by atoms with Gasteiger partial charge in [0.2, 0.25) is 5.91 Å². The van der Waals surface area contributed by atoms with Gasteiger partial charge in [0.05, 0.1) is 30.6 Å². The predicted octanol–water partition coefficient (Wildman–Crippen LogP) is -1.47. The first-order chi connectivity index (χ1) is 8.07. The van der Waals surface area contributed by atoms with Gasteiger partial charge in [-0.3, -0.25) is 4.79 Å². The van der Waals surface area contributed by atoms with Gasteiger partial charge in [-0.1, -0.05) is 0 Å². The second-order valence-electron chi connectivity index (χ2n) is 4.57. The van der Waals surface area contributed by atoms with Crippen molar-refractivity contribution in [3.8, 4) is 0 Å². The Labute approximate surface area is 101 Å². The number of rotatable bonds is 3. The van der Waals surface area contributed by atoms with Crippen LogP contribution in [0.4, 0.5) is 0 Å². The summed E-state index contributed by atoms with van der Waals surface area (Å²) in [6, 6.07) is 0.130. The van der Waals surface area contributed by atoms with Crippen molar-refractivity contribution < 1.29 is 17.9 Å². The zero-order valence-electron chi connectivity index (χ0n) is 9.65. The fourth-order valence-corrected chi connectivity index (χ4v) is 3.86. The van der Waals surface area contributed by atoms with Crippen LogP contribution >= 0.6 is 0 Å². The van der Waals surface area contributed by atoms with Crippen LogP contribution in [-0.2, 0) is 19.4 Å². The standard InChI is InChI=1S/C10H18N2O4S/c13-10(8-1-4-17(14,15)7-8)12-5-9-6-16-3-2-11-9/h8-9,11H,1-7H2,(H,12,13). The van der Waals surface area contributed by atoms with Crippen molar-refractivity contribution in [2.24, 2.45) is 5.92 Å². The van der Waals surface area contributed by atoms with Gasteiger partial charge in [-0.05, 0) is 6.42 Å². The summed E-state index contributed by atoms with van der Waals surface area (Å²) in [4.78, 5) is 11.7. The molecule has 2 rings (SSSR count). The molecule has 6 nitrogen and oxygen atoms in total. The van der Waals surface area contributed by atoms with Crippen molar-refractivity contribution in [3.05, 3.63) is 0 Å². The van der Waals surface area contributed by atoms with E-state index < -0.39 is 9.84 Å². The quantitative estimate of drug-likeness (QED) is 0.648. The van der Waals surface area contributed by atoms with Gasteiger partial charge in [0.25, 0.3) is 0 Å². The molecular formula is C10H18N2O4S. The van der Waals surface area contributed by atoms with Crippen LogP contribution in [0.25, 0.3) is 0 Å². The molecule has 2 fully saturated rings. The third-order valence-electron chi connectivity index (χ3n) is 3.12. The lowest BCUT2D eigenvalue weighted by atomic mass is 10.1. The molecule has 0 aromatic heterocycles. The van der Waals surface area contributed by atoms with Crippen LogP contribution in [0.3, 0.4) is 0 Å². The molecule has 0 aromatic carbocycles. The molecule has 2 N–H and O–H groups in total. The number of carbonyl (C=O) groups is 1. The maximum atomic E-state index is 11.7. The molecule has 0 bridgehead atoms. The van der Waals surface area contributed by atoms with E-state index in [0.29, 0.717) is 26.2 Å². The zero-order valence-corrected chi connectivity index (χ0v) is 10.5. The minimum absolute atomic E-state index is 0.00652.